The predicted molar refractivity (Wildman–Crippen MR) is 61.9 cm³/mol. The number of aliphatic hydroxyl groups is 1. The summed E-state index contributed by atoms with van der Waals surface area (Å²) in [6, 6.07) is 4.97. The van der Waals surface area contributed by atoms with Crippen LogP contribution in [0.3, 0.4) is 0 Å². The normalized spacial score (nSPS) is 10.7. The zero-order valence-corrected chi connectivity index (χ0v) is 9.82. The highest BCUT2D eigenvalue weighted by molar-refractivity contribution is 5.22. The molecule has 0 radical (unpaired) electrons. The second kappa shape index (κ2) is 5.18. The first kappa shape index (κ1) is 12.6. The predicted octanol–water partition coefficient (Wildman–Crippen LogP) is 2.15. The van der Waals surface area contributed by atoms with Crippen molar-refractivity contribution in [3.63, 3.8) is 0 Å². The molecule has 1 aromatic heterocycles. The SMILES string of the molecule is Cc1cc(CO)nc(Cc2cc(F)cc(F)c2)n1. The highest BCUT2D eigenvalue weighted by Crippen LogP contribution is 2.12. The molecular weight excluding hydrogens is 238 g/mol. The summed E-state index contributed by atoms with van der Waals surface area (Å²) in [5.41, 5.74) is 1.66. The molecule has 1 heterocycles. The van der Waals surface area contributed by atoms with Gasteiger partial charge in [0.15, 0.2) is 0 Å². The quantitative estimate of drug-likeness (QED) is 0.907. The van der Waals surface area contributed by atoms with Crippen LogP contribution in [0.1, 0.15) is 22.8 Å². The van der Waals surface area contributed by atoms with Crippen LogP contribution in [0.5, 0.6) is 0 Å². The zero-order chi connectivity index (χ0) is 13.1. The van der Waals surface area contributed by atoms with Gasteiger partial charge in [0.2, 0.25) is 0 Å². The molecule has 1 aromatic carbocycles. The number of benzene rings is 1. The molecular formula is C13H12F2N2O. The Morgan fingerprint density at radius 2 is 1.72 bits per heavy atom. The Morgan fingerprint density at radius 1 is 1.06 bits per heavy atom. The Labute approximate surface area is 103 Å². The third-order valence-electron chi connectivity index (χ3n) is 2.40. The van der Waals surface area contributed by atoms with Crippen molar-refractivity contribution in [3.8, 4) is 0 Å². The first-order chi connectivity index (χ1) is 8.56. The van der Waals surface area contributed by atoms with E-state index in [0.717, 1.165) is 6.07 Å². The molecule has 5 heteroatoms. The average molecular weight is 250 g/mol. The molecule has 94 valence electrons. The molecule has 0 aliphatic carbocycles. The average Bonchev–Trinajstić information content (AvgIpc) is 2.26. The Balaban J connectivity index is 2.30. The lowest BCUT2D eigenvalue weighted by Crippen LogP contribution is -2.03. The van der Waals surface area contributed by atoms with E-state index in [2.05, 4.69) is 9.97 Å². The summed E-state index contributed by atoms with van der Waals surface area (Å²) in [6.07, 6.45) is 0.226. The van der Waals surface area contributed by atoms with Crippen molar-refractivity contribution in [1.82, 2.24) is 9.97 Å². The molecule has 0 fully saturated rings. The van der Waals surface area contributed by atoms with Crippen LogP contribution in [-0.4, -0.2) is 15.1 Å². The van der Waals surface area contributed by atoms with E-state index in [4.69, 9.17) is 5.11 Å². The van der Waals surface area contributed by atoms with Gasteiger partial charge in [-0.25, -0.2) is 18.7 Å². The highest BCUT2D eigenvalue weighted by Gasteiger charge is 2.06. The first-order valence-electron chi connectivity index (χ1n) is 5.46. The van der Waals surface area contributed by atoms with Crippen molar-refractivity contribution in [1.29, 1.82) is 0 Å². The molecule has 0 amide bonds. The van der Waals surface area contributed by atoms with E-state index in [9.17, 15) is 8.78 Å². The van der Waals surface area contributed by atoms with Gasteiger partial charge in [-0.3, -0.25) is 0 Å². The highest BCUT2D eigenvalue weighted by atomic mass is 19.1. The molecule has 0 unspecified atom stereocenters. The fourth-order valence-electron chi connectivity index (χ4n) is 1.76. The Morgan fingerprint density at radius 3 is 2.33 bits per heavy atom. The van der Waals surface area contributed by atoms with Crippen LogP contribution in [-0.2, 0) is 13.0 Å². The number of aliphatic hydroxyl groups excluding tert-OH is 1. The standard InChI is InChI=1S/C13H12F2N2O/c1-8-2-12(7-18)17-13(16-8)5-9-3-10(14)6-11(15)4-9/h2-4,6,18H,5,7H2,1H3. The van der Waals surface area contributed by atoms with Crippen LogP contribution < -0.4 is 0 Å². The lowest BCUT2D eigenvalue weighted by molar-refractivity contribution is 0.276. The maximum atomic E-state index is 13.0. The molecule has 0 aliphatic rings. The van der Waals surface area contributed by atoms with Gasteiger partial charge in [0.1, 0.15) is 17.5 Å². The molecule has 18 heavy (non-hydrogen) atoms. The van der Waals surface area contributed by atoms with Crippen LogP contribution in [0.25, 0.3) is 0 Å². The second-order valence-electron chi connectivity index (χ2n) is 4.03. The summed E-state index contributed by atoms with van der Waals surface area (Å²) >= 11 is 0. The third-order valence-corrected chi connectivity index (χ3v) is 2.40. The van der Waals surface area contributed by atoms with E-state index < -0.39 is 11.6 Å². The van der Waals surface area contributed by atoms with Crippen LogP contribution in [0.15, 0.2) is 24.3 Å². The fourth-order valence-corrected chi connectivity index (χ4v) is 1.76. The van der Waals surface area contributed by atoms with E-state index in [-0.39, 0.29) is 13.0 Å². The number of hydrogen-bond acceptors (Lipinski definition) is 3. The van der Waals surface area contributed by atoms with E-state index in [1.165, 1.54) is 12.1 Å². The maximum Gasteiger partial charge on any atom is 0.133 e. The maximum absolute atomic E-state index is 13.0. The van der Waals surface area contributed by atoms with Crippen LogP contribution >= 0.6 is 0 Å². The van der Waals surface area contributed by atoms with Crippen molar-refractivity contribution < 1.29 is 13.9 Å². The second-order valence-corrected chi connectivity index (χ2v) is 4.03. The van der Waals surface area contributed by atoms with Gasteiger partial charge in [0.05, 0.1) is 12.3 Å². The Kier molecular flexibility index (Phi) is 3.62. The number of halogens is 2. The van der Waals surface area contributed by atoms with Gasteiger partial charge in [0, 0.05) is 18.2 Å². The summed E-state index contributed by atoms with van der Waals surface area (Å²) in [4.78, 5) is 8.27. The number of aryl methyl sites for hydroxylation is 1. The van der Waals surface area contributed by atoms with Gasteiger partial charge >= 0.3 is 0 Å². The molecule has 0 aliphatic heterocycles. The smallest absolute Gasteiger partial charge is 0.133 e. The minimum absolute atomic E-state index is 0.187. The number of rotatable bonds is 3. The number of aromatic nitrogens is 2. The molecule has 0 spiro atoms. The zero-order valence-electron chi connectivity index (χ0n) is 9.82. The molecule has 2 rings (SSSR count). The summed E-state index contributed by atoms with van der Waals surface area (Å²) in [6.45, 7) is 1.59. The van der Waals surface area contributed by atoms with Gasteiger partial charge in [0.25, 0.3) is 0 Å². The number of nitrogens with zero attached hydrogens (tertiary/aromatic N) is 2. The molecule has 2 aromatic rings. The van der Waals surface area contributed by atoms with Crippen molar-refractivity contribution in [2.75, 3.05) is 0 Å². The van der Waals surface area contributed by atoms with Crippen molar-refractivity contribution in [3.05, 3.63) is 58.7 Å². The van der Waals surface area contributed by atoms with Crippen molar-refractivity contribution >= 4 is 0 Å². The van der Waals surface area contributed by atoms with E-state index >= 15 is 0 Å². The van der Waals surface area contributed by atoms with Gasteiger partial charge in [-0.2, -0.15) is 0 Å². The lowest BCUT2D eigenvalue weighted by Gasteiger charge is -2.05. The van der Waals surface area contributed by atoms with Gasteiger partial charge in [-0.1, -0.05) is 0 Å². The van der Waals surface area contributed by atoms with E-state index in [1.54, 1.807) is 13.0 Å². The van der Waals surface area contributed by atoms with Crippen molar-refractivity contribution in [2.45, 2.75) is 20.0 Å². The molecule has 0 atom stereocenters. The molecule has 3 nitrogen and oxygen atoms in total. The number of hydrogen-bond donors (Lipinski definition) is 1. The minimum atomic E-state index is -0.625. The first-order valence-corrected chi connectivity index (χ1v) is 5.46. The lowest BCUT2D eigenvalue weighted by atomic mass is 10.1. The monoisotopic (exact) mass is 250 g/mol. The summed E-state index contributed by atoms with van der Waals surface area (Å²) in [5.74, 6) is -0.816. The van der Waals surface area contributed by atoms with Crippen LogP contribution in [0, 0.1) is 18.6 Å². The molecule has 0 bridgehead atoms. The molecule has 1 N–H and O–H groups in total. The third kappa shape index (κ3) is 3.07. The Hall–Kier alpha value is -1.88. The van der Waals surface area contributed by atoms with Crippen LogP contribution in [0.2, 0.25) is 0 Å². The summed E-state index contributed by atoms with van der Waals surface area (Å²) in [7, 11) is 0. The van der Waals surface area contributed by atoms with E-state index in [1.807, 2.05) is 0 Å². The molecule has 0 saturated heterocycles. The summed E-state index contributed by atoms with van der Waals surface area (Å²) in [5, 5.41) is 9.03. The van der Waals surface area contributed by atoms with Crippen molar-refractivity contribution in [2.24, 2.45) is 0 Å². The molecule has 0 saturated carbocycles. The largest absolute Gasteiger partial charge is 0.390 e. The van der Waals surface area contributed by atoms with Crippen LogP contribution in [0.4, 0.5) is 8.78 Å². The Bertz CT molecular complexity index is 553. The van der Waals surface area contributed by atoms with Gasteiger partial charge in [-0.15, -0.1) is 0 Å². The van der Waals surface area contributed by atoms with E-state index in [0.29, 0.717) is 22.8 Å². The fraction of sp³-hybridized carbons (Fsp3) is 0.231. The minimum Gasteiger partial charge on any atom is -0.390 e. The summed E-state index contributed by atoms with van der Waals surface area (Å²) < 4.78 is 26.1. The van der Waals surface area contributed by atoms with Gasteiger partial charge < -0.3 is 5.11 Å². The van der Waals surface area contributed by atoms with Gasteiger partial charge in [-0.05, 0) is 30.7 Å². The topological polar surface area (TPSA) is 46.0 Å².